The van der Waals surface area contributed by atoms with Gasteiger partial charge in [-0.25, -0.2) is 0 Å². The molecule has 2 nitrogen and oxygen atoms in total. The number of thiophene rings is 1. The molecule has 23 heavy (non-hydrogen) atoms. The Balaban J connectivity index is 2.19. The summed E-state index contributed by atoms with van der Waals surface area (Å²) in [6.07, 6.45) is 0.550. The van der Waals surface area contributed by atoms with Crippen LogP contribution in [0, 0.1) is 18.8 Å². The van der Waals surface area contributed by atoms with Gasteiger partial charge in [-0.15, -0.1) is 11.3 Å². The Morgan fingerprint density at radius 3 is 2.52 bits per heavy atom. The van der Waals surface area contributed by atoms with Crippen molar-refractivity contribution in [3.63, 3.8) is 0 Å². The predicted octanol–water partition coefficient (Wildman–Crippen LogP) is 6.15. The molecule has 0 radical (unpaired) electrons. The van der Waals surface area contributed by atoms with Crippen molar-refractivity contribution in [2.24, 2.45) is 0 Å². The molecule has 0 aliphatic heterocycles. The predicted molar refractivity (Wildman–Crippen MR) is 100 cm³/mol. The Kier molecular flexibility index (Phi) is 5.56. The van der Waals surface area contributed by atoms with Gasteiger partial charge < -0.3 is 8.84 Å². The maximum atomic E-state index is 6.57. The van der Waals surface area contributed by atoms with E-state index in [9.17, 15) is 0 Å². The van der Waals surface area contributed by atoms with Gasteiger partial charge in [0.05, 0.1) is 4.88 Å². The Morgan fingerprint density at radius 1 is 1.26 bits per heavy atom. The van der Waals surface area contributed by atoms with Crippen molar-refractivity contribution in [2.75, 3.05) is 0 Å². The summed E-state index contributed by atoms with van der Waals surface area (Å²) in [6.45, 7) is 13.2. The highest BCUT2D eigenvalue weighted by Gasteiger charge is 2.39. The number of hydrogen-bond acceptors (Lipinski definition) is 3. The van der Waals surface area contributed by atoms with E-state index in [2.05, 4.69) is 45.7 Å². The van der Waals surface area contributed by atoms with Crippen LogP contribution < -0.4 is 0 Å². The van der Waals surface area contributed by atoms with Crippen molar-refractivity contribution in [2.45, 2.75) is 58.4 Å². The minimum atomic E-state index is -1.88. The first-order chi connectivity index (χ1) is 10.7. The fourth-order valence-corrected chi connectivity index (χ4v) is 3.80. The topological polar surface area (TPSA) is 22.4 Å². The molecule has 124 valence electrons. The first-order valence-corrected chi connectivity index (χ1v) is 11.7. The molecule has 2 rings (SSSR count). The SMILES string of the molecule is Cc1ccc(C(CC#Cc2cccs2)O[Si](C)(C)C(C)(C)C)o1. The van der Waals surface area contributed by atoms with Crippen LogP contribution in [0.1, 0.15) is 49.7 Å². The molecule has 4 heteroatoms. The minimum Gasteiger partial charge on any atom is -0.464 e. The summed E-state index contributed by atoms with van der Waals surface area (Å²) in [5.41, 5.74) is 0. The summed E-state index contributed by atoms with van der Waals surface area (Å²) in [5, 5.41) is 2.21. The number of furan rings is 1. The minimum absolute atomic E-state index is 0.1000. The van der Waals surface area contributed by atoms with Gasteiger partial charge in [0, 0.05) is 6.42 Å². The zero-order valence-electron chi connectivity index (χ0n) is 14.9. The molecule has 2 aromatic heterocycles. The summed E-state index contributed by atoms with van der Waals surface area (Å²) in [5.74, 6) is 8.28. The van der Waals surface area contributed by atoms with Crippen LogP contribution in [-0.4, -0.2) is 8.32 Å². The Labute approximate surface area is 145 Å². The standard InChI is InChI=1S/C19H26O2SSi/c1-15-12-13-17(20-15)18(21-23(5,6)19(2,3)4)11-7-9-16-10-8-14-22-16/h8,10,12-14,18H,11H2,1-6H3. The van der Waals surface area contributed by atoms with E-state index >= 15 is 0 Å². The third kappa shape index (κ3) is 4.84. The van der Waals surface area contributed by atoms with Gasteiger partial charge in [0.25, 0.3) is 0 Å². The lowest BCUT2D eigenvalue weighted by molar-refractivity contribution is 0.160. The van der Waals surface area contributed by atoms with Gasteiger partial charge in [0.2, 0.25) is 0 Å². The zero-order valence-corrected chi connectivity index (χ0v) is 16.7. The molecular weight excluding hydrogens is 320 g/mol. The quantitative estimate of drug-likeness (QED) is 0.489. The molecule has 1 unspecified atom stereocenters. The van der Waals surface area contributed by atoms with E-state index < -0.39 is 8.32 Å². The lowest BCUT2D eigenvalue weighted by Crippen LogP contribution is -2.41. The van der Waals surface area contributed by atoms with E-state index in [0.717, 1.165) is 16.4 Å². The summed E-state index contributed by atoms with van der Waals surface area (Å²) in [7, 11) is -1.88. The van der Waals surface area contributed by atoms with Crippen molar-refractivity contribution in [3.05, 3.63) is 46.0 Å². The Bertz CT molecular complexity index is 681. The zero-order chi connectivity index (χ0) is 17.1. The van der Waals surface area contributed by atoms with Gasteiger partial charge in [-0.05, 0) is 48.6 Å². The van der Waals surface area contributed by atoms with Crippen molar-refractivity contribution < 1.29 is 8.84 Å². The highest BCUT2D eigenvalue weighted by molar-refractivity contribution is 7.10. The molecule has 0 N–H and O–H groups in total. The number of hydrogen-bond donors (Lipinski definition) is 0. The van der Waals surface area contributed by atoms with Crippen LogP contribution in [-0.2, 0) is 4.43 Å². The Hall–Kier alpha value is -1.28. The van der Waals surface area contributed by atoms with E-state index in [1.807, 2.05) is 36.6 Å². The lowest BCUT2D eigenvalue weighted by atomic mass is 10.2. The first kappa shape index (κ1) is 18.1. The monoisotopic (exact) mass is 346 g/mol. The van der Waals surface area contributed by atoms with E-state index in [-0.39, 0.29) is 11.1 Å². The third-order valence-corrected chi connectivity index (χ3v) is 9.61. The fourth-order valence-electron chi connectivity index (χ4n) is 1.94. The van der Waals surface area contributed by atoms with Gasteiger partial charge in [-0.2, -0.15) is 0 Å². The van der Waals surface area contributed by atoms with Crippen LogP contribution in [0.3, 0.4) is 0 Å². The number of aryl methyl sites for hydroxylation is 1. The van der Waals surface area contributed by atoms with Crippen LogP contribution >= 0.6 is 11.3 Å². The van der Waals surface area contributed by atoms with Gasteiger partial charge in [0.15, 0.2) is 8.32 Å². The average molecular weight is 347 g/mol. The molecule has 0 bridgehead atoms. The molecule has 1 atom stereocenters. The van der Waals surface area contributed by atoms with Gasteiger partial charge >= 0.3 is 0 Å². The maximum absolute atomic E-state index is 6.57. The van der Waals surface area contributed by atoms with E-state index in [0.29, 0.717) is 6.42 Å². The van der Waals surface area contributed by atoms with E-state index in [1.165, 1.54) is 0 Å². The van der Waals surface area contributed by atoms with Crippen molar-refractivity contribution >= 4 is 19.7 Å². The van der Waals surface area contributed by atoms with Gasteiger partial charge in [-0.3, -0.25) is 0 Å². The van der Waals surface area contributed by atoms with Crippen LogP contribution in [0.15, 0.2) is 34.1 Å². The molecule has 0 saturated heterocycles. The molecule has 2 heterocycles. The highest BCUT2D eigenvalue weighted by Crippen LogP contribution is 2.40. The number of rotatable bonds is 4. The second kappa shape index (κ2) is 7.08. The smallest absolute Gasteiger partial charge is 0.193 e. The van der Waals surface area contributed by atoms with Crippen LogP contribution in [0.4, 0.5) is 0 Å². The molecule has 2 aromatic rings. The van der Waals surface area contributed by atoms with Gasteiger partial charge in [-0.1, -0.05) is 38.7 Å². The second-order valence-corrected chi connectivity index (χ2v) is 13.0. The molecule has 0 aromatic carbocycles. The third-order valence-electron chi connectivity index (χ3n) is 4.34. The van der Waals surface area contributed by atoms with Gasteiger partial charge in [0.1, 0.15) is 17.6 Å². The lowest BCUT2D eigenvalue weighted by Gasteiger charge is -2.38. The second-order valence-electron chi connectivity index (χ2n) is 7.30. The molecule has 0 aliphatic carbocycles. The molecule has 0 saturated carbocycles. The van der Waals surface area contributed by atoms with Crippen LogP contribution in [0.5, 0.6) is 0 Å². The molecule has 0 fully saturated rings. The average Bonchev–Trinajstić information content (AvgIpc) is 3.07. The fraction of sp³-hybridized carbons (Fsp3) is 0.474. The summed E-state index contributed by atoms with van der Waals surface area (Å²) in [6, 6.07) is 8.07. The molecule has 0 aliphatic rings. The van der Waals surface area contributed by atoms with Crippen molar-refractivity contribution in [1.29, 1.82) is 0 Å². The van der Waals surface area contributed by atoms with E-state index in [1.54, 1.807) is 11.3 Å². The summed E-state index contributed by atoms with van der Waals surface area (Å²) in [4.78, 5) is 1.09. The molecule has 0 amide bonds. The molecule has 0 spiro atoms. The van der Waals surface area contributed by atoms with Crippen molar-refractivity contribution in [1.82, 2.24) is 0 Å². The highest BCUT2D eigenvalue weighted by atomic mass is 32.1. The Morgan fingerprint density at radius 2 is 2.00 bits per heavy atom. The summed E-state index contributed by atoms with van der Waals surface area (Å²) >= 11 is 1.66. The maximum Gasteiger partial charge on any atom is 0.193 e. The summed E-state index contributed by atoms with van der Waals surface area (Å²) < 4.78 is 12.4. The van der Waals surface area contributed by atoms with E-state index in [4.69, 9.17) is 8.84 Å². The largest absolute Gasteiger partial charge is 0.464 e. The molecular formula is C19H26O2SSi. The normalized spacial score (nSPS) is 13.5. The van der Waals surface area contributed by atoms with Crippen LogP contribution in [0.25, 0.3) is 0 Å². The van der Waals surface area contributed by atoms with Crippen LogP contribution in [0.2, 0.25) is 18.1 Å². The van der Waals surface area contributed by atoms with Crippen molar-refractivity contribution in [3.8, 4) is 11.8 Å². The first-order valence-electron chi connectivity index (χ1n) is 7.95.